The third-order valence-corrected chi connectivity index (χ3v) is 6.41. The maximum absolute atomic E-state index is 15.0. The number of nitrogens with one attached hydrogen (secondary N) is 3. The highest BCUT2D eigenvalue weighted by molar-refractivity contribution is 5.72. The molecule has 4 heterocycles. The minimum absolute atomic E-state index is 0.00732. The van der Waals surface area contributed by atoms with Crippen LogP contribution in [0.2, 0.25) is 0 Å². The van der Waals surface area contributed by atoms with Crippen molar-refractivity contribution in [1.82, 2.24) is 30.1 Å². The fraction of sp³-hybridized carbons (Fsp3) is 0.500. The van der Waals surface area contributed by atoms with E-state index in [0.717, 1.165) is 36.4 Å². The van der Waals surface area contributed by atoms with E-state index in [-0.39, 0.29) is 12.1 Å². The van der Waals surface area contributed by atoms with E-state index in [2.05, 4.69) is 30.9 Å². The molecule has 0 spiro atoms. The van der Waals surface area contributed by atoms with Gasteiger partial charge >= 0.3 is 6.09 Å². The van der Waals surface area contributed by atoms with E-state index in [4.69, 9.17) is 9.47 Å². The molecule has 7 rings (SSSR count). The van der Waals surface area contributed by atoms with Gasteiger partial charge in [0.25, 0.3) is 0 Å². The predicted octanol–water partition coefficient (Wildman–Crippen LogP) is 2.56. The van der Waals surface area contributed by atoms with Crippen molar-refractivity contribution in [2.75, 3.05) is 11.9 Å². The van der Waals surface area contributed by atoms with Gasteiger partial charge < -0.3 is 20.1 Å². The number of anilines is 2. The lowest BCUT2D eigenvalue weighted by molar-refractivity contribution is -0.0528. The Kier molecular flexibility index (Phi) is 3.98. The normalized spacial score (nSPS) is 31.2. The molecule has 0 radical (unpaired) electrons. The highest BCUT2D eigenvalue weighted by Gasteiger charge is 2.58. The number of H-pyrrole nitrogens is 1. The largest absolute Gasteiger partial charge is 0.441 e. The number of ether oxygens (including phenoxy) is 2. The van der Waals surface area contributed by atoms with Gasteiger partial charge in [-0.25, -0.2) is 18.7 Å². The number of rotatable bonds is 5. The Bertz CT molecular complexity index is 1140. The van der Waals surface area contributed by atoms with Crippen LogP contribution in [-0.2, 0) is 9.47 Å². The average Bonchev–Trinajstić information content (AvgIpc) is 3.37. The molecule has 1 amide bonds. The molecule has 3 aromatic rings. The zero-order valence-corrected chi connectivity index (χ0v) is 16.8. The van der Waals surface area contributed by atoms with Crippen LogP contribution < -0.4 is 10.6 Å². The van der Waals surface area contributed by atoms with Crippen molar-refractivity contribution in [3.05, 3.63) is 35.9 Å². The Balaban J connectivity index is 1.11. The molecule has 4 aliphatic rings. The summed E-state index contributed by atoms with van der Waals surface area (Å²) in [4.78, 5) is 16.5. The van der Waals surface area contributed by atoms with E-state index in [0.29, 0.717) is 17.3 Å². The van der Waals surface area contributed by atoms with E-state index in [1.54, 1.807) is 23.0 Å². The van der Waals surface area contributed by atoms with Crippen LogP contribution >= 0.6 is 0 Å². The van der Waals surface area contributed by atoms with Crippen LogP contribution in [0.25, 0.3) is 5.52 Å². The van der Waals surface area contributed by atoms with E-state index >= 15 is 0 Å². The number of alkyl halides is 1. The average molecular weight is 427 g/mol. The van der Waals surface area contributed by atoms with Crippen molar-refractivity contribution in [3.8, 4) is 0 Å². The van der Waals surface area contributed by atoms with Gasteiger partial charge in [0.1, 0.15) is 11.6 Å². The molecule has 3 saturated carbocycles. The first-order chi connectivity index (χ1) is 15.0. The number of alkyl carbamates (subject to hydrolysis) is 1. The van der Waals surface area contributed by atoms with Crippen LogP contribution in [0.4, 0.5) is 20.8 Å². The molecule has 31 heavy (non-hydrogen) atoms. The molecule has 162 valence electrons. The molecule has 0 aromatic carbocycles. The Morgan fingerprint density at radius 2 is 2.23 bits per heavy atom. The van der Waals surface area contributed by atoms with Gasteiger partial charge in [0.2, 0.25) is 0 Å². The number of hydrogen-bond donors (Lipinski definition) is 3. The summed E-state index contributed by atoms with van der Waals surface area (Å²) in [5.74, 6) is 1.78. The fourth-order valence-electron chi connectivity index (χ4n) is 4.76. The first-order valence-corrected chi connectivity index (χ1v) is 10.4. The van der Waals surface area contributed by atoms with Crippen molar-refractivity contribution in [1.29, 1.82) is 0 Å². The third kappa shape index (κ3) is 3.11. The van der Waals surface area contributed by atoms with Crippen molar-refractivity contribution in [2.45, 2.75) is 50.1 Å². The highest BCUT2D eigenvalue weighted by Crippen LogP contribution is 2.57. The molecule has 3 N–H and O–H groups in total. The van der Waals surface area contributed by atoms with Crippen molar-refractivity contribution >= 4 is 23.2 Å². The second kappa shape index (κ2) is 6.64. The zero-order valence-electron chi connectivity index (χ0n) is 16.8. The smallest absolute Gasteiger partial charge is 0.408 e. The van der Waals surface area contributed by atoms with Crippen LogP contribution in [0.3, 0.4) is 0 Å². The van der Waals surface area contributed by atoms with Gasteiger partial charge in [-0.15, -0.1) is 0 Å². The van der Waals surface area contributed by atoms with Crippen LogP contribution in [-0.4, -0.2) is 55.3 Å². The zero-order chi connectivity index (χ0) is 21.2. The number of hydrogen-bond acceptors (Lipinski definition) is 7. The lowest BCUT2D eigenvalue weighted by Crippen LogP contribution is -2.68. The van der Waals surface area contributed by atoms with Gasteiger partial charge in [-0.05, 0) is 38.2 Å². The molecule has 0 unspecified atom stereocenters. The van der Waals surface area contributed by atoms with Gasteiger partial charge in [-0.3, -0.25) is 5.10 Å². The summed E-state index contributed by atoms with van der Waals surface area (Å²) in [6.07, 6.45) is 2.46. The van der Waals surface area contributed by atoms with Gasteiger partial charge in [0.15, 0.2) is 23.9 Å². The third-order valence-electron chi connectivity index (χ3n) is 6.41. The lowest BCUT2D eigenvalue weighted by atomic mass is 9.50. The quantitative estimate of drug-likeness (QED) is 0.573. The Morgan fingerprint density at radius 1 is 1.39 bits per heavy atom. The molecule has 3 atom stereocenters. The van der Waals surface area contributed by atoms with Crippen LogP contribution in [0.15, 0.2) is 24.5 Å². The molecule has 4 fully saturated rings. The number of fused-ring (bicyclic) bond motifs is 1. The van der Waals surface area contributed by atoms with Crippen LogP contribution in [0.1, 0.15) is 36.8 Å². The monoisotopic (exact) mass is 427 g/mol. The number of nitrogens with zero attached hydrogens (tertiary/aromatic N) is 4. The summed E-state index contributed by atoms with van der Waals surface area (Å²) in [5.41, 5.74) is 2.01. The van der Waals surface area contributed by atoms with Crippen molar-refractivity contribution in [2.24, 2.45) is 5.92 Å². The topological polar surface area (TPSA) is 118 Å². The minimum atomic E-state index is -1.49. The molecule has 10 nitrogen and oxygen atoms in total. The number of aryl methyl sites for hydroxylation is 1. The fourth-order valence-corrected chi connectivity index (χ4v) is 4.76. The first-order valence-electron chi connectivity index (χ1n) is 10.4. The number of amides is 1. The Morgan fingerprint density at radius 3 is 3.00 bits per heavy atom. The van der Waals surface area contributed by atoms with Crippen molar-refractivity contribution in [3.63, 3.8) is 0 Å². The van der Waals surface area contributed by atoms with E-state index in [9.17, 15) is 9.18 Å². The molecule has 1 aliphatic heterocycles. The number of halogens is 1. The molecule has 11 heteroatoms. The molecule has 3 aromatic heterocycles. The number of aromatic amines is 1. The second-order valence-electron chi connectivity index (χ2n) is 8.75. The van der Waals surface area contributed by atoms with E-state index < -0.39 is 24.5 Å². The van der Waals surface area contributed by atoms with Crippen LogP contribution in [0, 0.1) is 12.8 Å². The predicted molar refractivity (Wildman–Crippen MR) is 107 cm³/mol. The number of carbonyl (C=O) groups is 1. The molecule has 2 bridgehead atoms. The summed E-state index contributed by atoms with van der Waals surface area (Å²) < 4.78 is 27.6. The van der Waals surface area contributed by atoms with Crippen LogP contribution in [0.5, 0.6) is 0 Å². The maximum atomic E-state index is 15.0. The highest BCUT2D eigenvalue weighted by atomic mass is 19.1. The minimum Gasteiger partial charge on any atom is -0.441 e. The summed E-state index contributed by atoms with van der Waals surface area (Å²) in [6.45, 7) is 1.89. The van der Waals surface area contributed by atoms with Crippen molar-refractivity contribution < 1.29 is 18.7 Å². The van der Waals surface area contributed by atoms with Gasteiger partial charge in [0, 0.05) is 24.0 Å². The summed E-state index contributed by atoms with van der Waals surface area (Å²) in [7, 11) is 0. The SMILES string of the molecule is Cc1cc2c(Nc3cc([C@H]4OC[C@@H](OC(=O)NC56CC(C5)C6)[C@@H]4F)[nH]n3)nccn2n1. The Hall–Kier alpha value is -3.21. The van der Waals surface area contributed by atoms with E-state index in [1.165, 1.54) is 0 Å². The summed E-state index contributed by atoms with van der Waals surface area (Å²) >= 11 is 0. The summed E-state index contributed by atoms with van der Waals surface area (Å²) in [5, 5.41) is 17.3. The molecular weight excluding hydrogens is 405 g/mol. The standard InChI is InChI=1S/C20H22FN7O3/c1-10-4-13-18(22-2-3-28(13)27-10)23-15-5-12(25-26-15)17-16(21)14(9-30-17)31-19(29)24-20-6-11(7-20)8-20/h2-5,11,14,16-17H,6-9H2,1H3,(H,24,29)(H2,22,23,25,26)/t11?,14-,16+,17-,20?/m1/s1. The van der Waals surface area contributed by atoms with Gasteiger partial charge in [-0.2, -0.15) is 10.2 Å². The number of carbonyl (C=O) groups excluding carboxylic acids is 1. The van der Waals surface area contributed by atoms with E-state index in [1.807, 2.05) is 13.0 Å². The molecule has 3 aliphatic carbocycles. The second-order valence-corrected chi connectivity index (χ2v) is 8.75. The maximum Gasteiger partial charge on any atom is 0.408 e. The number of aromatic nitrogens is 5. The molecule has 1 saturated heterocycles. The van der Waals surface area contributed by atoms with Gasteiger partial charge in [0.05, 0.1) is 18.0 Å². The lowest BCUT2D eigenvalue weighted by Gasteiger charge is -2.61. The molecular formula is C20H22FN7O3. The first kappa shape index (κ1) is 18.6. The van der Waals surface area contributed by atoms with Gasteiger partial charge in [-0.1, -0.05) is 0 Å². The Labute approximate surface area is 176 Å². The summed E-state index contributed by atoms with van der Waals surface area (Å²) in [6, 6.07) is 3.57.